The number of hydrogen-bond donors (Lipinski definition) is 0. The minimum atomic E-state index is -0.799. The highest BCUT2D eigenvalue weighted by Gasteiger charge is 2.19. The van der Waals surface area contributed by atoms with Crippen molar-refractivity contribution in [3.8, 4) is 0 Å². The van der Waals surface area contributed by atoms with Gasteiger partial charge in [-0.1, -0.05) is 209 Å². The summed E-state index contributed by atoms with van der Waals surface area (Å²) in [6.45, 7) is 6.45. The van der Waals surface area contributed by atoms with E-state index in [0.717, 1.165) is 89.9 Å². The monoisotopic (exact) mass is 851 g/mol. The molecule has 6 heteroatoms. The van der Waals surface area contributed by atoms with Gasteiger partial charge in [-0.15, -0.1) is 0 Å². The summed E-state index contributed by atoms with van der Waals surface area (Å²) in [5.41, 5.74) is 0. The number of esters is 3. The first kappa shape index (κ1) is 57.9. The van der Waals surface area contributed by atoms with E-state index in [9.17, 15) is 14.4 Å². The molecule has 1 atom stereocenters. The van der Waals surface area contributed by atoms with Crippen molar-refractivity contribution < 1.29 is 28.6 Å². The zero-order valence-corrected chi connectivity index (χ0v) is 39.9. The van der Waals surface area contributed by atoms with Crippen LogP contribution in [-0.2, 0) is 28.6 Å². The average molecular weight is 851 g/mol. The maximum atomic E-state index is 12.8. The van der Waals surface area contributed by atoms with Gasteiger partial charge >= 0.3 is 17.9 Å². The Morgan fingerprint density at radius 2 is 0.656 bits per heavy atom. The fourth-order valence-corrected chi connectivity index (χ4v) is 6.88. The summed E-state index contributed by atoms with van der Waals surface area (Å²) in [5.74, 6) is -0.965. The summed E-state index contributed by atoms with van der Waals surface area (Å²) in [6, 6.07) is 0. The maximum Gasteiger partial charge on any atom is 0.306 e. The molecule has 0 heterocycles. The highest BCUT2D eigenvalue weighted by molar-refractivity contribution is 5.71. The Kier molecular flexibility index (Phi) is 46.9. The molecule has 0 radical (unpaired) electrons. The number of unbranched alkanes of at least 4 members (excludes halogenated alkanes) is 22. The van der Waals surface area contributed by atoms with E-state index in [1.165, 1.54) is 103 Å². The number of rotatable bonds is 45. The fraction of sp³-hybridized carbons (Fsp3) is 0.727. The number of hydrogen-bond acceptors (Lipinski definition) is 6. The van der Waals surface area contributed by atoms with E-state index in [4.69, 9.17) is 14.2 Å². The van der Waals surface area contributed by atoms with E-state index in [1.807, 2.05) is 0 Å². The molecule has 0 bridgehead atoms. The van der Waals surface area contributed by atoms with Gasteiger partial charge in [-0.3, -0.25) is 14.4 Å². The van der Waals surface area contributed by atoms with Crippen LogP contribution in [0.4, 0.5) is 0 Å². The molecule has 0 rings (SSSR count). The Hall–Kier alpha value is -3.15. The molecule has 0 saturated carbocycles. The van der Waals surface area contributed by atoms with Gasteiger partial charge in [-0.25, -0.2) is 0 Å². The third kappa shape index (κ3) is 47.7. The molecule has 0 amide bonds. The van der Waals surface area contributed by atoms with Crippen molar-refractivity contribution in [3.63, 3.8) is 0 Å². The van der Waals surface area contributed by atoms with Crippen molar-refractivity contribution in [1.82, 2.24) is 0 Å². The number of carbonyl (C=O) groups is 3. The van der Waals surface area contributed by atoms with Crippen LogP contribution in [0.5, 0.6) is 0 Å². The Labute approximate surface area is 376 Å². The Bertz CT molecular complexity index is 1160. The minimum Gasteiger partial charge on any atom is -0.462 e. The SMILES string of the molecule is CC/C=C\C/C=C\C/C=C\C/C=C\C/C=C\CCCC(=O)OC[C@@H](COC(=O)CCCCCCCCCCCC)OC(=O)CCCCCCC/C=C\CCCCCCCCC. The van der Waals surface area contributed by atoms with Gasteiger partial charge in [-0.05, 0) is 83.5 Å². The molecule has 61 heavy (non-hydrogen) atoms. The molecule has 0 unspecified atom stereocenters. The molecule has 0 fully saturated rings. The maximum absolute atomic E-state index is 12.8. The van der Waals surface area contributed by atoms with Gasteiger partial charge < -0.3 is 14.2 Å². The molecule has 350 valence electrons. The van der Waals surface area contributed by atoms with Gasteiger partial charge in [-0.2, -0.15) is 0 Å². The second kappa shape index (κ2) is 49.5. The van der Waals surface area contributed by atoms with Crippen molar-refractivity contribution in [2.75, 3.05) is 13.2 Å². The normalized spacial score (nSPS) is 12.6. The number of ether oxygens (including phenoxy) is 3. The van der Waals surface area contributed by atoms with Gasteiger partial charge in [0.05, 0.1) is 0 Å². The van der Waals surface area contributed by atoms with Crippen LogP contribution in [0.25, 0.3) is 0 Å². The average Bonchev–Trinajstić information content (AvgIpc) is 3.26. The topological polar surface area (TPSA) is 78.9 Å². The lowest BCUT2D eigenvalue weighted by Gasteiger charge is -2.18. The van der Waals surface area contributed by atoms with Crippen molar-refractivity contribution >= 4 is 17.9 Å². The Balaban J connectivity index is 4.46. The van der Waals surface area contributed by atoms with Crippen LogP contribution in [0.15, 0.2) is 72.9 Å². The molecule has 0 saturated heterocycles. The molecule has 0 aromatic heterocycles. The lowest BCUT2D eigenvalue weighted by molar-refractivity contribution is -0.167. The van der Waals surface area contributed by atoms with Crippen LogP contribution >= 0.6 is 0 Å². The summed E-state index contributed by atoms with van der Waals surface area (Å²) < 4.78 is 16.7. The molecule has 0 aromatic carbocycles. The van der Waals surface area contributed by atoms with Crippen LogP contribution in [-0.4, -0.2) is 37.2 Å². The van der Waals surface area contributed by atoms with Gasteiger partial charge in [0.2, 0.25) is 0 Å². The van der Waals surface area contributed by atoms with Gasteiger partial charge in [0.1, 0.15) is 13.2 Å². The zero-order chi connectivity index (χ0) is 44.4. The lowest BCUT2D eigenvalue weighted by atomic mass is 10.1. The minimum absolute atomic E-state index is 0.0951. The fourth-order valence-electron chi connectivity index (χ4n) is 6.88. The summed E-state index contributed by atoms with van der Waals surface area (Å²) in [6.07, 6.45) is 61.8. The second-order valence-electron chi connectivity index (χ2n) is 16.7. The predicted octanol–water partition coefficient (Wildman–Crippen LogP) is 16.6. The Morgan fingerprint density at radius 1 is 0.344 bits per heavy atom. The lowest BCUT2D eigenvalue weighted by Crippen LogP contribution is -2.30. The van der Waals surface area contributed by atoms with Gasteiger partial charge in [0, 0.05) is 19.3 Å². The molecule has 0 aliphatic carbocycles. The molecule has 0 aromatic rings. The van der Waals surface area contributed by atoms with Gasteiger partial charge in [0.15, 0.2) is 6.10 Å². The van der Waals surface area contributed by atoms with Crippen LogP contribution < -0.4 is 0 Å². The van der Waals surface area contributed by atoms with E-state index < -0.39 is 6.10 Å². The molecular formula is C55H94O6. The molecule has 6 nitrogen and oxygen atoms in total. The summed E-state index contributed by atoms with van der Waals surface area (Å²) in [7, 11) is 0. The largest absolute Gasteiger partial charge is 0.462 e. The molecule has 0 spiro atoms. The van der Waals surface area contributed by atoms with E-state index in [0.29, 0.717) is 19.3 Å². The zero-order valence-electron chi connectivity index (χ0n) is 39.9. The van der Waals surface area contributed by atoms with Crippen molar-refractivity contribution in [2.24, 2.45) is 0 Å². The predicted molar refractivity (Wildman–Crippen MR) is 261 cm³/mol. The first-order valence-corrected chi connectivity index (χ1v) is 25.4. The second-order valence-corrected chi connectivity index (χ2v) is 16.7. The summed E-state index contributed by atoms with van der Waals surface area (Å²) in [4.78, 5) is 37.9. The van der Waals surface area contributed by atoms with Gasteiger partial charge in [0.25, 0.3) is 0 Å². The molecule has 0 aliphatic rings. The molecule has 0 aliphatic heterocycles. The standard InChI is InChI=1S/C55H94O6/c1-4-7-10-13-16-19-22-24-26-28-30-31-33-36-39-42-45-48-54(57)60-51-52(50-59-53(56)47-44-41-38-35-21-18-15-12-9-6-3)61-55(58)49-46-43-40-37-34-32-29-27-25-23-20-17-14-11-8-5-2/h7,10,16,19,24,26-27,29-31,36,39,52H,4-6,8-9,11-15,17-18,20-23,25,28,32-35,37-38,40-51H2,1-3H3/b10-7-,19-16-,26-24-,29-27-,31-30-,39-36-/t52-/m1/s1. The number of carbonyl (C=O) groups excluding carboxylic acids is 3. The van der Waals surface area contributed by atoms with Crippen LogP contribution in [0.3, 0.4) is 0 Å². The first-order chi connectivity index (χ1) is 30.0. The van der Waals surface area contributed by atoms with Crippen molar-refractivity contribution in [1.29, 1.82) is 0 Å². The van der Waals surface area contributed by atoms with Crippen LogP contribution in [0.1, 0.15) is 239 Å². The van der Waals surface area contributed by atoms with E-state index >= 15 is 0 Å². The van der Waals surface area contributed by atoms with E-state index in [-0.39, 0.29) is 37.5 Å². The summed E-state index contributed by atoms with van der Waals surface area (Å²) in [5, 5.41) is 0. The first-order valence-electron chi connectivity index (χ1n) is 25.4. The summed E-state index contributed by atoms with van der Waals surface area (Å²) >= 11 is 0. The smallest absolute Gasteiger partial charge is 0.306 e. The van der Waals surface area contributed by atoms with Crippen LogP contribution in [0, 0.1) is 0 Å². The van der Waals surface area contributed by atoms with Crippen molar-refractivity contribution in [2.45, 2.75) is 245 Å². The molecule has 0 N–H and O–H groups in total. The van der Waals surface area contributed by atoms with E-state index in [1.54, 1.807) is 0 Å². The molecular weight excluding hydrogens is 757 g/mol. The van der Waals surface area contributed by atoms with Crippen molar-refractivity contribution in [3.05, 3.63) is 72.9 Å². The third-order valence-electron chi connectivity index (χ3n) is 10.7. The Morgan fingerprint density at radius 3 is 1.08 bits per heavy atom. The third-order valence-corrected chi connectivity index (χ3v) is 10.7. The van der Waals surface area contributed by atoms with E-state index in [2.05, 4.69) is 93.7 Å². The van der Waals surface area contributed by atoms with Crippen LogP contribution in [0.2, 0.25) is 0 Å². The highest BCUT2D eigenvalue weighted by atomic mass is 16.6. The quantitative estimate of drug-likeness (QED) is 0.0263. The highest BCUT2D eigenvalue weighted by Crippen LogP contribution is 2.14. The number of allylic oxidation sites excluding steroid dienone is 12.